The Bertz CT molecular complexity index is 530. The second-order valence-electron chi connectivity index (χ2n) is 5.54. The van der Waals surface area contributed by atoms with Crippen molar-refractivity contribution in [2.45, 2.75) is 43.1 Å². The Balaban J connectivity index is 1.68. The average Bonchev–Trinajstić information content (AvgIpc) is 2.59. The van der Waals surface area contributed by atoms with Gasteiger partial charge in [-0.15, -0.1) is 11.8 Å². The number of ether oxygens (including phenoxy) is 1. The maximum atomic E-state index is 12.0. The zero-order chi connectivity index (χ0) is 16.5. The van der Waals surface area contributed by atoms with Crippen molar-refractivity contribution in [1.82, 2.24) is 5.32 Å². The van der Waals surface area contributed by atoms with Gasteiger partial charge in [-0.05, 0) is 37.7 Å². The first kappa shape index (κ1) is 17.8. The number of hydrogen-bond acceptors (Lipinski definition) is 4. The van der Waals surface area contributed by atoms with Gasteiger partial charge in [-0.25, -0.2) is 0 Å². The van der Waals surface area contributed by atoms with E-state index in [4.69, 9.17) is 4.74 Å². The molecule has 23 heavy (non-hydrogen) atoms. The van der Waals surface area contributed by atoms with Gasteiger partial charge in [-0.1, -0.05) is 12.1 Å². The number of para-hydroxylation sites is 1. The summed E-state index contributed by atoms with van der Waals surface area (Å²) >= 11 is 1.58. The standard InChI is InChI=1S/C17H24N2O3S/c1-23-15-8-3-2-7-14(15)19-17(21)10-9-16(20)18-12-13-6-4-5-11-22-13/h2-3,7-8,13H,4-6,9-12H2,1H3,(H,18,20)(H,19,21). The van der Waals surface area contributed by atoms with Crippen molar-refractivity contribution in [2.75, 3.05) is 24.7 Å². The van der Waals surface area contributed by atoms with Crippen LogP contribution in [0.4, 0.5) is 5.69 Å². The highest BCUT2D eigenvalue weighted by molar-refractivity contribution is 7.98. The smallest absolute Gasteiger partial charge is 0.224 e. The molecule has 1 aromatic rings. The molecule has 0 saturated carbocycles. The Labute approximate surface area is 141 Å². The van der Waals surface area contributed by atoms with Gasteiger partial charge in [-0.2, -0.15) is 0 Å². The predicted molar refractivity (Wildman–Crippen MR) is 92.7 cm³/mol. The molecule has 1 heterocycles. The largest absolute Gasteiger partial charge is 0.376 e. The monoisotopic (exact) mass is 336 g/mol. The predicted octanol–water partition coefficient (Wildman–Crippen LogP) is 2.81. The van der Waals surface area contributed by atoms with Gasteiger partial charge in [0.15, 0.2) is 0 Å². The number of carbonyl (C=O) groups is 2. The molecule has 1 atom stereocenters. The van der Waals surface area contributed by atoms with E-state index in [0.717, 1.165) is 36.5 Å². The van der Waals surface area contributed by atoms with Crippen molar-refractivity contribution in [1.29, 1.82) is 0 Å². The number of nitrogens with one attached hydrogen (secondary N) is 2. The van der Waals surface area contributed by atoms with Crippen LogP contribution in [0.2, 0.25) is 0 Å². The molecule has 0 aliphatic carbocycles. The summed E-state index contributed by atoms with van der Waals surface area (Å²) < 4.78 is 5.56. The fourth-order valence-corrected chi connectivity index (χ4v) is 3.03. The molecule has 1 saturated heterocycles. The van der Waals surface area contributed by atoms with Gasteiger partial charge in [-0.3, -0.25) is 9.59 Å². The van der Waals surface area contributed by atoms with Crippen LogP contribution in [-0.4, -0.2) is 37.3 Å². The van der Waals surface area contributed by atoms with E-state index in [2.05, 4.69) is 10.6 Å². The molecule has 2 rings (SSSR count). The highest BCUT2D eigenvalue weighted by Crippen LogP contribution is 2.24. The molecule has 2 amide bonds. The van der Waals surface area contributed by atoms with Gasteiger partial charge < -0.3 is 15.4 Å². The molecule has 0 radical (unpaired) electrons. The number of hydrogen-bond donors (Lipinski definition) is 2. The summed E-state index contributed by atoms with van der Waals surface area (Å²) in [4.78, 5) is 24.8. The minimum absolute atomic E-state index is 0.104. The molecule has 126 valence electrons. The SMILES string of the molecule is CSc1ccccc1NC(=O)CCC(=O)NCC1CCCCO1. The average molecular weight is 336 g/mol. The summed E-state index contributed by atoms with van der Waals surface area (Å²) in [5.74, 6) is -0.247. The number of thioether (sulfide) groups is 1. The molecule has 1 aliphatic rings. The van der Waals surface area contributed by atoms with E-state index in [-0.39, 0.29) is 30.8 Å². The van der Waals surface area contributed by atoms with Crippen molar-refractivity contribution in [3.05, 3.63) is 24.3 Å². The quantitative estimate of drug-likeness (QED) is 0.751. The van der Waals surface area contributed by atoms with Gasteiger partial charge >= 0.3 is 0 Å². The third-order valence-electron chi connectivity index (χ3n) is 3.76. The molecule has 1 aromatic carbocycles. The summed E-state index contributed by atoms with van der Waals surface area (Å²) in [7, 11) is 0. The first-order chi connectivity index (χ1) is 11.2. The lowest BCUT2D eigenvalue weighted by molar-refractivity contribution is -0.125. The Kier molecular flexibility index (Phi) is 7.42. The molecule has 5 nitrogen and oxygen atoms in total. The molecular formula is C17H24N2O3S. The van der Waals surface area contributed by atoms with Crippen LogP contribution in [-0.2, 0) is 14.3 Å². The fourth-order valence-electron chi connectivity index (χ4n) is 2.47. The van der Waals surface area contributed by atoms with Crippen molar-refractivity contribution in [2.24, 2.45) is 0 Å². The van der Waals surface area contributed by atoms with E-state index >= 15 is 0 Å². The Morgan fingerprint density at radius 3 is 2.74 bits per heavy atom. The second-order valence-corrected chi connectivity index (χ2v) is 6.39. The van der Waals surface area contributed by atoms with Crippen molar-refractivity contribution in [3.63, 3.8) is 0 Å². The van der Waals surface area contributed by atoms with Gasteiger partial charge in [0.2, 0.25) is 11.8 Å². The van der Waals surface area contributed by atoms with Crippen LogP contribution >= 0.6 is 11.8 Å². The van der Waals surface area contributed by atoms with Crippen molar-refractivity contribution >= 4 is 29.3 Å². The molecule has 1 unspecified atom stereocenters. The van der Waals surface area contributed by atoms with Gasteiger partial charge in [0.25, 0.3) is 0 Å². The Hall–Kier alpha value is -1.53. The molecule has 6 heteroatoms. The molecule has 0 aromatic heterocycles. The highest BCUT2D eigenvalue weighted by Gasteiger charge is 2.15. The Morgan fingerprint density at radius 1 is 1.22 bits per heavy atom. The van der Waals surface area contributed by atoms with Crippen LogP contribution in [0, 0.1) is 0 Å². The molecule has 0 spiro atoms. The summed E-state index contributed by atoms with van der Waals surface area (Å²) in [5, 5.41) is 5.70. The summed E-state index contributed by atoms with van der Waals surface area (Å²) in [6.07, 6.45) is 5.70. The minimum Gasteiger partial charge on any atom is -0.376 e. The summed E-state index contributed by atoms with van der Waals surface area (Å²) in [5.41, 5.74) is 0.793. The number of carbonyl (C=O) groups excluding carboxylic acids is 2. The fraction of sp³-hybridized carbons (Fsp3) is 0.529. The lowest BCUT2D eigenvalue weighted by atomic mass is 10.1. The minimum atomic E-state index is -0.143. The first-order valence-electron chi connectivity index (χ1n) is 8.00. The molecule has 0 bridgehead atoms. The van der Waals surface area contributed by atoms with Crippen LogP contribution in [0.1, 0.15) is 32.1 Å². The van der Waals surface area contributed by atoms with Crippen molar-refractivity contribution in [3.8, 4) is 0 Å². The third kappa shape index (κ3) is 6.23. The maximum absolute atomic E-state index is 12.0. The van der Waals surface area contributed by atoms with Gasteiger partial charge in [0, 0.05) is 30.9 Å². The van der Waals surface area contributed by atoms with Crippen LogP contribution in [0.15, 0.2) is 29.2 Å². The summed E-state index contributed by atoms with van der Waals surface area (Å²) in [6, 6.07) is 7.63. The van der Waals surface area contributed by atoms with E-state index in [1.165, 1.54) is 0 Å². The van der Waals surface area contributed by atoms with E-state index < -0.39 is 0 Å². The second kappa shape index (κ2) is 9.57. The number of anilines is 1. The summed E-state index contributed by atoms with van der Waals surface area (Å²) in [6.45, 7) is 1.31. The molecule has 1 aliphatic heterocycles. The van der Waals surface area contributed by atoms with Gasteiger partial charge in [0.05, 0.1) is 11.8 Å². The van der Waals surface area contributed by atoms with Crippen LogP contribution in [0.3, 0.4) is 0 Å². The zero-order valence-electron chi connectivity index (χ0n) is 13.5. The molecular weight excluding hydrogens is 312 g/mol. The topological polar surface area (TPSA) is 67.4 Å². The normalized spacial score (nSPS) is 17.5. The lowest BCUT2D eigenvalue weighted by Gasteiger charge is -2.22. The van der Waals surface area contributed by atoms with Crippen LogP contribution in [0.5, 0.6) is 0 Å². The molecule has 2 N–H and O–H groups in total. The van der Waals surface area contributed by atoms with E-state index in [0.29, 0.717) is 6.54 Å². The van der Waals surface area contributed by atoms with E-state index in [9.17, 15) is 9.59 Å². The Morgan fingerprint density at radius 2 is 2.00 bits per heavy atom. The molecule has 1 fully saturated rings. The number of benzene rings is 1. The number of rotatable bonds is 7. The van der Waals surface area contributed by atoms with Crippen LogP contribution in [0.25, 0.3) is 0 Å². The third-order valence-corrected chi connectivity index (χ3v) is 4.56. The van der Waals surface area contributed by atoms with Crippen molar-refractivity contribution < 1.29 is 14.3 Å². The lowest BCUT2D eigenvalue weighted by Crippen LogP contribution is -2.35. The van der Waals surface area contributed by atoms with Crippen LogP contribution < -0.4 is 10.6 Å². The zero-order valence-corrected chi connectivity index (χ0v) is 14.3. The van der Waals surface area contributed by atoms with E-state index in [1.54, 1.807) is 11.8 Å². The highest BCUT2D eigenvalue weighted by atomic mass is 32.2. The number of amides is 2. The maximum Gasteiger partial charge on any atom is 0.224 e. The van der Waals surface area contributed by atoms with E-state index in [1.807, 2.05) is 30.5 Å². The first-order valence-corrected chi connectivity index (χ1v) is 9.22. The van der Waals surface area contributed by atoms with Gasteiger partial charge in [0.1, 0.15) is 0 Å².